The summed E-state index contributed by atoms with van der Waals surface area (Å²) in [5.74, 6) is -1.98. The van der Waals surface area contributed by atoms with E-state index in [-0.39, 0.29) is 23.6 Å². The van der Waals surface area contributed by atoms with E-state index in [9.17, 15) is 14.4 Å². The van der Waals surface area contributed by atoms with Crippen molar-refractivity contribution in [1.82, 2.24) is 4.90 Å². The number of ketones is 1. The van der Waals surface area contributed by atoms with Crippen molar-refractivity contribution in [2.75, 3.05) is 4.90 Å². The van der Waals surface area contributed by atoms with Crippen LogP contribution in [0.4, 0.5) is 5.69 Å². The summed E-state index contributed by atoms with van der Waals surface area (Å²) in [5.41, 5.74) is 1.96. The molecule has 2 aromatic rings. The molecule has 2 amide bonds. The number of imide groups is 1. The van der Waals surface area contributed by atoms with E-state index in [1.54, 1.807) is 48.5 Å². The Morgan fingerprint density at radius 2 is 1.69 bits per heavy atom. The predicted molar refractivity (Wildman–Crippen MR) is 104 cm³/mol. The Hall–Kier alpha value is -3.56. The molecule has 5 rings (SSSR count). The molecule has 2 saturated heterocycles. The third-order valence-electron chi connectivity index (χ3n) is 6.03. The van der Waals surface area contributed by atoms with Crippen molar-refractivity contribution in [2.24, 2.45) is 11.8 Å². The van der Waals surface area contributed by atoms with Gasteiger partial charge in [0.1, 0.15) is 0 Å². The lowest BCUT2D eigenvalue weighted by Crippen LogP contribution is -2.48. The van der Waals surface area contributed by atoms with Gasteiger partial charge < -0.3 is 0 Å². The van der Waals surface area contributed by atoms with Gasteiger partial charge in [0.25, 0.3) is 0 Å². The zero-order valence-electron chi connectivity index (χ0n) is 15.4. The molecule has 2 bridgehead atoms. The Kier molecular flexibility index (Phi) is 3.93. The first kappa shape index (κ1) is 17.5. The molecule has 29 heavy (non-hydrogen) atoms. The number of nitriles is 1. The van der Waals surface area contributed by atoms with E-state index in [2.05, 4.69) is 6.07 Å². The van der Waals surface area contributed by atoms with Crippen LogP contribution in [0.15, 0.2) is 66.7 Å². The van der Waals surface area contributed by atoms with Gasteiger partial charge in [0.2, 0.25) is 11.8 Å². The number of carbonyl (C=O) groups excluding carboxylic acids is 3. The molecule has 0 radical (unpaired) electrons. The molecule has 3 aliphatic rings. The van der Waals surface area contributed by atoms with E-state index in [0.717, 1.165) is 5.56 Å². The molecular weight excluding hydrogens is 366 g/mol. The highest BCUT2D eigenvalue weighted by atomic mass is 16.2. The molecule has 2 aromatic carbocycles. The number of anilines is 1. The summed E-state index contributed by atoms with van der Waals surface area (Å²) >= 11 is 0. The average Bonchev–Trinajstić information content (AvgIpc) is 3.12. The molecular formula is C23H17N3O3. The van der Waals surface area contributed by atoms with Gasteiger partial charge >= 0.3 is 0 Å². The van der Waals surface area contributed by atoms with Crippen LogP contribution in [0.3, 0.4) is 0 Å². The van der Waals surface area contributed by atoms with Crippen LogP contribution in [0.2, 0.25) is 0 Å². The van der Waals surface area contributed by atoms with Crippen LogP contribution in [0.25, 0.3) is 0 Å². The summed E-state index contributed by atoms with van der Waals surface area (Å²) in [5, 5.41) is 9.14. The molecule has 2 fully saturated rings. The second kappa shape index (κ2) is 6.50. The Morgan fingerprint density at radius 1 is 0.931 bits per heavy atom. The van der Waals surface area contributed by atoms with Crippen LogP contribution in [-0.4, -0.2) is 34.6 Å². The Balaban J connectivity index is 1.51. The minimum atomic E-state index is -0.686. The summed E-state index contributed by atoms with van der Waals surface area (Å²) < 4.78 is 0. The molecule has 0 spiro atoms. The van der Waals surface area contributed by atoms with Crippen molar-refractivity contribution in [3.05, 3.63) is 77.9 Å². The number of para-hydroxylation sites is 1. The first-order chi connectivity index (χ1) is 14.1. The van der Waals surface area contributed by atoms with Gasteiger partial charge in [0.05, 0.1) is 35.2 Å². The van der Waals surface area contributed by atoms with Crippen molar-refractivity contribution in [2.45, 2.75) is 18.6 Å². The normalized spacial score (nSPS) is 28.0. The van der Waals surface area contributed by atoms with E-state index in [1.807, 2.05) is 17.0 Å². The minimum Gasteiger partial charge on any atom is -0.293 e. The minimum absolute atomic E-state index is 0.152. The molecule has 4 unspecified atom stereocenters. The lowest BCUT2D eigenvalue weighted by atomic mass is 9.90. The number of fused-ring (bicyclic) bond motifs is 5. The monoisotopic (exact) mass is 383 g/mol. The number of hydrogen-bond donors (Lipinski definition) is 0. The van der Waals surface area contributed by atoms with Crippen molar-refractivity contribution >= 4 is 23.3 Å². The van der Waals surface area contributed by atoms with Crippen LogP contribution < -0.4 is 4.90 Å². The fraction of sp³-hybridized carbons (Fsp3) is 0.217. The number of carbonyl (C=O) groups is 3. The van der Waals surface area contributed by atoms with Gasteiger partial charge in [0, 0.05) is 12.6 Å². The Bertz CT molecular complexity index is 1100. The highest BCUT2D eigenvalue weighted by Crippen LogP contribution is 2.47. The maximum absolute atomic E-state index is 13.2. The number of nitrogens with zero attached hydrogens (tertiary/aromatic N) is 3. The molecule has 6 nitrogen and oxygen atoms in total. The highest BCUT2D eigenvalue weighted by Gasteiger charge is 2.64. The van der Waals surface area contributed by atoms with Gasteiger partial charge in [0.15, 0.2) is 5.78 Å². The zero-order chi connectivity index (χ0) is 20.1. The summed E-state index contributed by atoms with van der Waals surface area (Å²) in [6.45, 7) is 0.403. The van der Waals surface area contributed by atoms with Crippen LogP contribution >= 0.6 is 0 Å². The topological polar surface area (TPSA) is 81.5 Å². The average molecular weight is 383 g/mol. The molecule has 3 heterocycles. The Labute approximate surface area is 167 Å². The summed E-state index contributed by atoms with van der Waals surface area (Å²) in [6.07, 6.45) is 3.25. The van der Waals surface area contributed by atoms with E-state index < -0.39 is 17.9 Å². The van der Waals surface area contributed by atoms with Gasteiger partial charge in [-0.2, -0.15) is 5.26 Å². The van der Waals surface area contributed by atoms with Crippen molar-refractivity contribution in [3.8, 4) is 6.07 Å². The largest absolute Gasteiger partial charge is 0.293 e. The van der Waals surface area contributed by atoms with Crippen molar-refractivity contribution in [1.29, 1.82) is 5.26 Å². The van der Waals surface area contributed by atoms with Crippen molar-refractivity contribution in [3.63, 3.8) is 0 Å². The molecule has 0 aromatic heterocycles. The lowest BCUT2D eigenvalue weighted by molar-refractivity contribution is -0.129. The lowest BCUT2D eigenvalue weighted by Gasteiger charge is -2.33. The smallest absolute Gasteiger partial charge is 0.239 e. The standard InChI is InChI=1S/C23H17N3O3/c24-12-14-5-4-6-15(11-14)13-25-17-9-10-18(27)21(25)20-19(17)22(28)26(23(20)29)16-7-2-1-3-8-16/h1-11,17,19-21H,13H2. The predicted octanol–water partition coefficient (Wildman–Crippen LogP) is 2.06. The fourth-order valence-corrected chi connectivity index (χ4v) is 4.85. The molecule has 0 N–H and O–H groups in total. The fourth-order valence-electron chi connectivity index (χ4n) is 4.85. The third-order valence-corrected chi connectivity index (χ3v) is 6.03. The molecule has 142 valence electrons. The second-order valence-electron chi connectivity index (χ2n) is 7.58. The van der Waals surface area contributed by atoms with Crippen molar-refractivity contribution < 1.29 is 14.4 Å². The van der Waals surface area contributed by atoms with Gasteiger partial charge in [-0.05, 0) is 35.9 Å². The number of benzene rings is 2. The van der Waals surface area contributed by atoms with Gasteiger partial charge in [-0.15, -0.1) is 0 Å². The van der Waals surface area contributed by atoms with E-state index in [0.29, 0.717) is 17.8 Å². The number of amides is 2. The summed E-state index contributed by atoms with van der Waals surface area (Å²) in [6, 6.07) is 17.2. The van der Waals surface area contributed by atoms with Gasteiger partial charge in [-0.1, -0.05) is 36.4 Å². The quantitative estimate of drug-likeness (QED) is 0.758. The van der Waals surface area contributed by atoms with Crippen LogP contribution in [0.5, 0.6) is 0 Å². The van der Waals surface area contributed by atoms with E-state index >= 15 is 0 Å². The highest BCUT2D eigenvalue weighted by molar-refractivity contribution is 6.24. The number of hydrogen-bond acceptors (Lipinski definition) is 5. The van der Waals surface area contributed by atoms with Gasteiger partial charge in [-0.3, -0.25) is 19.3 Å². The Morgan fingerprint density at radius 3 is 2.45 bits per heavy atom. The SMILES string of the molecule is N#Cc1cccc(CN2C3C=CC(=O)C2C2C(=O)N(c4ccccc4)C(=O)C23)c1. The summed E-state index contributed by atoms with van der Waals surface area (Å²) in [4.78, 5) is 42.4. The molecule has 6 heteroatoms. The van der Waals surface area contributed by atoms with E-state index in [4.69, 9.17) is 5.26 Å². The van der Waals surface area contributed by atoms with Crippen LogP contribution in [0, 0.1) is 23.2 Å². The molecule has 0 aliphatic carbocycles. The van der Waals surface area contributed by atoms with Crippen LogP contribution in [0.1, 0.15) is 11.1 Å². The molecule has 4 atom stereocenters. The van der Waals surface area contributed by atoms with Crippen LogP contribution in [-0.2, 0) is 20.9 Å². The molecule has 0 saturated carbocycles. The second-order valence-corrected chi connectivity index (χ2v) is 7.58. The maximum atomic E-state index is 13.2. The molecule has 3 aliphatic heterocycles. The summed E-state index contributed by atoms with van der Waals surface area (Å²) in [7, 11) is 0. The maximum Gasteiger partial charge on any atom is 0.239 e. The number of rotatable bonds is 3. The first-order valence-electron chi connectivity index (χ1n) is 9.50. The third kappa shape index (κ3) is 2.55. The zero-order valence-corrected chi connectivity index (χ0v) is 15.4. The van der Waals surface area contributed by atoms with E-state index in [1.165, 1.54) is 11.0 Å². The van der Waals surface area contributed by atoms with Gasteiger partial charge in [-0.25, -0.2) is 4.90 Å². The first-order valence-corrected chi connectivity index (χ1v) is 9.50.